The van der Waals surface area contributed by atoms with Crippen LogP contribution < -0.4 is 4.74 Å². The first-order valence-corrected chi connectivity index (χ1v) is 10.9. The molecule has 1 aliphatic rings. The van der Waals surface area contributed by atoms with Gasteiger partial charge in [0.2, 0.25) is 5.16 Å². The number of hydrogen-bond donors (Lipinski definition) is 1. The molecule has 1 saturated heterocycles. The number of ether oxygens (including phenoxy) is 1. The highest BCUT2D eigenvalue weighted by molar-refractivity contribution is 7.99. The van der Waals surface area contributed by atoms with Crippen molar-refractivity contribution in [2.75, 3.05) is 13.1 Å². The Morgan fingerprint density at radius 1 is 1.23 bits per heavy atom. The second-order valence-corrected chi connectivity index (χ2v) is 8.73. The van der Waals surface area contributed by atoms with Crippen LogP contribution in [0.3, 0.4) is 0 Å². The number of amides is 1. The molecule has 1 atom stereocenters. The second-order valence-electron chi connectivity index (χ2n) is 7.36. The first kappa shape index (κ1) is 20.3. The molecule has 1 N–H and O–H groups in total. The van der Waals surface area contributed by atoms with Gasteiger partial charge in [-0.05, 0) is 59.0 Å². The fourth-order valence-electron chi connectivity index (χ4n) is 3.58. The lowest BCUT2D eigenvalue weighted by Gasteiger charge is -2.33. The largest absolute Gasteiger partial charge is 0.415 e. The molecule has 0 spiro atoms. The molecule has 1 unspecified atom stereocenters. The summed E-state index contributed by atoms with van der Waals surface area (Å²) in [5.74, 6) is 1.07. The zero-order chi connectivity index (χ0) is 20.8. The van der Waals surface area contributed by atoms with Crippen LogP contribution in [0.15, 0.2) is 53.8 Å². The summed E-state index contributed by atoms with van der Waals surface area (Å²) < 4.78 is 5.57. The number of nitrogens with zero attached hydrogens (tertiary/aromatic N) is 5. The Balaban J connectivity index is 1.24. The van der Waals surface area contributed by atoms with Gasteiger partial charge >= 0.3 is 6.09 Å². The van der Waals surface area contributed by atoms with Crippen LogP contribution in [0.5, 0.6) is 5.75 Å². The highest BCUT2D eigenvalue weighted by Crippen LogP contribution is 2.31. The van der Waals surface area contributed by atoms with E-state index in [2.05, 4.69) is 32.5 Å². The maximum Gasteiger partial charge on any atom is 0.415 e. The van der Waals surface area contributed by atoms with E-state index >= 15 is 0 Å². The van der Waals surface area contributed by atoms with Crippen molar-refractivity contribution in [3.63, 3.8) is 0 Å². The number of rotatable bonds is 6. The third kappa shape index (κ3) is 5.35. The van der Waals surface area contributed by atoms with E-state index in [4.69, 9.17) is 4.74 Å². The number of aromatic nitrogens is 5. The summed E-state index contributed by atoms with van der Waals surface area (Å²) in [4.78, 5) is 18.7. The zero-order valence-electron chi connectivity index (χ0n) is 16.8. The SMILES string of the molecule is CC(Sc1nnn[nH]1)C1CCN(C(=O)Oc2ccc(Cc3ccccn3)cc2)CC1. The molecule has 3 aromatic rings. The van der Waals surface area contributed by atoms with Gasteiger partial charge in [0.05, 0.1) is 0 Å². The van der Waals surface area contributed by atoms with Crippen LogP contribution >= 0.6 is 11.8 Å². The molecule has 9 heteroatoms. The monoisotopic (exact) mass is 424 g/mol. The number of hydrogen-bond acceptors (Lipinski definition) is 7. The fourth-order valence-corrected chi connectivity index (χ4v) is 4.57. The van der Waals surface area contributed by atoms with Crippen molar-refractivity contribution < 1.29 is 9.53 Å². The van der Waals surface area contributed by atoms with Crippen molar-refractivity contribution in [2.45, 2.75) is 36.6 Å². The summed E-state index contributed by atoms with van der Waals surface area (Å²) in [6.07, 6.45) is 4.13. The molecule has 1 fully saturated rings. The minimum atomic E-state index is -0.286. The van der Waals surface area contributed by atoms with Crippen LogP contribution in [0.1, 0.15) is 31.0 Å². The van der Waals surface area contributed by atoms with Crippen LogP contribution in [-0.4, -0.2) is 54.9 Å². The van der Waals surface area contributed by atoms with E-state index in [0.717, 1.165) is 35.7 Å². The molecule has 0 saturated carbocycles. The fraction of sp³-hybridized carbons (Fsp3) is 0.381. The molecular weight excluding hydrogens is 400 g/mol. The number of thioether (sulfide) groups is 1. The van der Waals surface area contributed by atoms with Gasteiger partial charge in [0.25, 0.3) is 0 Å². The molecule has 30 heavy (non-hydrogen) atoms. The minimum absolute atomic E-state index is 0.286. The van der Waals surface area contributed by atoms with Gasteiger partial charge in [-0.1, -0.05) is 36.9 Å². The van der Waals surface area contributed by atoms with E-state index in [1.807, 2.05) is 42.5 Å². The summed E-state index contributed by atoms with van der Waals surface area (Å²) in [5.41, 5.74) is 2.14. The van der Waals surface area contributed by atoms with Crippen LogP contribution in [0.2, 0.25) is 0 Å². The van der Waals surface area contributed by atoms with Crippen LogP contribution in [-0.2, 0) is 6.42 Å². The molecule has 0 bridgehead atoms. The lowest BCUT2D eigenvalue weighted by atomic mass is 9.94. The van der Waals surface area contributed by atoms with Crippen molar-refractivity contribution in [1.29, 1.82) is 0 Å². The Kier molecular flexibility index (Phi) is 6.58. The highest BCUT2D eigenvalue weighted by atomic mass is 32.2. The van der Waals surface area contributed by atoms with Gasteiger partial charge < -0.3 is 9.64 Å². The normalized spacial score (nSPS) is 15.7. The lowest BCUT2D eigenvalue weighted by molar-refractivity contribution is 0.131. The number of likely N-dealkylation sites (tertiary alicyclic amines) is 1. The summed E-state index contributed by atoms with van der Waals surface area (Å²) >= 11 is 1.64. The number of piperidine rings is 1. The van der Waals surface area contributed by atoms with Gasteiger partial charge in [-0.25, -0.2) is 9.89 Å². The molecule has 1 aliphatic heterocycles. The molecule has 156 valence electrons. The van der Waals surface area contributed by atoms with Crippen molar-refractivity contribution >= 4 is 17.9 Å². The predicted molar refractivity (Wildman–Crippen MR) is 113 cm³/mol. The van der Waals surface area contributed by atoms with Crippen molar-refractivity contribution in [3.8, 4) is 5.75 Å². The van der Waals surface area contributed by atoms with E-state index in [9.17, 15) is 4.79 Å². The molecule has 0 radical (unpaired) electrons. The van der Waals surface area contributed by atoms with Crippen molar-refractivity contribution in [3.05, 3.63) is 59.9 Å². The van der Waals surface area contributed by atoms with E-state index < -0.39 is 0 Å². The molecule has 3 heterocycles. The Bertz CT molecular complexity index is 928. The first-order chi connectivity index (χ1) is 14.7. The third-order valence-electron chi connectivity index (χ3n) is 5.33. The molecular formula is C21H24N6O2S. The smallest absolute Gasteiger partial charge is 0.410 e. The maximum absolute atomic E-state index is 12.5. The quantitative estimate of drug-likeness (QED) is 0.604. The Hall–Kier alpha value is -2.94. The van der Waals surface area contributed by atoms with Crippen LogP contribution in [0.4, 0.5) is 4.79 Å². The van der Waals surface area contributed by atoms with Gasteiger partial charge in [0, 0.05) is 36.7 Å². The minimum Gasteiger partial charge on any atom is -0.410 e. The van der Waals surface area contributed by atoms with Gasteiger partial charge in [-0.3, -0.25) is 4.98 Å². The van der Waals surface area contributed by atoms with Gasteiger partial charge in [0.15, 0.2) is 0 Å². The summed E-state index contributed by atoms with van der Waals surface area (Å²) in [6, 6.07) is 13.5. The second kappa shape index (κ2) is 9.71. The van der Waals surface area contributed by atoms with Gasteiger partial charge in [-0.2, -0.15) is 0 Å². The number of aromatic amines is 1. The number of carbonyl (C=O) groups is 1. The first-order valence-electron chi connectivity index (χ1n) is 10.0. The van der Waals surface area contributed by atoms with E-state index in [1.54, 1.807) is 22.9 Å². The molecule has 1 amide bonds. The number of pyridine rings is 1. The molecule has 0 aliphatic carbocycles. The topological polar surface area (TPSA) is 96.9 Å². The third-order valence-corrected chi connectivity index (χ3v) is 6.48. The number of carbonyl (C=O) groups excluding carboxylic acids is 1. The Labute approximate surface area is 179 Å². The van der Waals surface area contributed by atoms with Crippen molar-refractivity contribution in [2.24, 2.45) is 5.92 Å². The van der Waals surface area contributed by atoms with Crippen molar-refractivity contribution in [1.82, 2.24) is 30.5 Å². The lowest BCUT2D eigenvalue weighted by Crippen LogP contribution is -2.41. The standard InChI is InChI=1S/C21H24N6O2S/c1-15(30-20-23-25-26-24-20)17-9-12-27(13-10-17)21(28)29-19-7-5-16(6-8-19)14-18-4-2-3-11-22-18/h2-8,11,15,17H,9-10,12-14H2,1H3,(H,23,24,25,26). The number of tetrazole rings is 1. The Morgan fingerprint density at radius 3 is 2.70 bits per heavy atom. The van der Waals surface area contributed by atoms with Gasteiger partial charge in [-0.15, -0.1) is 5.10 Å². The number of nitrogens with one attached hydrogen (secondary N) is 1. The predicted octanol–water partition coefficient (Wildman–Crippen LogP) is 3.58. The van der Waals surface area contributed by atoms with Crippen LogP contribution in [0.25, 0.3) is 0 Å². The van der Waals surface area contributed by atoms with E-state index in [0.29, 0.717) is 30.0 Å². The molecule has 1 aromatic carbocycles. The zero-order valence-corrected chi connectivity index (χ0v) is 17.6. The number of benzene rings is 1. The Morgan fingerprint density at radius 2 is 2.03 bits per heavy atom. The van der Waals surface area contributed by atoms with Crippen LogP contribution in [0, 0.1) is 5.92 Å². The average molecular weight is 425 g/mol. The van der Waals surface area contributed by atoms with E-state index in [1.165, 1.54) is 0 Å². The summed E-state index contributed by atoms with van der Waals surface area (Å²) in [6.45, 7) is 3.57. The number of H-pyrrole nitrogens is 1. The molecule has 2 aromatic heterocycles. The highest BCUT2D eigenvalue weighted by Gasteiger charge is 2.28. The maximum atomic E-state index is 12.5. The van der Waals surface area contributed by atoms with E-state index in [-0.39, 0.29) is 6.09 Å². The summed E-state index contributed by atoms with van der Waals surface area (Å²) in [7, 11) is 0. The molecule has 8 nitrogen and oxygen atoms in total. The summed E-state index contributed by atoms with van der Waals surface area (Å²) in [5, 5.41) is 15.0. The van der Waals surface area contributed by atoms with Gasteiger partial charge in [0.1, 0.15) is 5.75 Å². The average Bonchev–Trinajstić information content (AvgIpc) is 3.29. The molecule has 4 rings (SSSR count).